The molecule has 0 saturated carbocycles. The topological polar surface area (TPSA) is 26.3 Å². The van der Waals surface area contributed by atoms with E-state index in [0.717, 1.165) is 25.9 Å². The van der Waals surface area contributed by atoms with E-state index in [1.165, 1.54) is 5.57 Å². The second kappa shape index (κ2) is 3.02. The number of rotatable bonds is 1. The van der Waals surface area contributed by atoms with Crippen molar-refractivity contribution in [1.82, 2.24) is 0 Å². The Morgan fingerprint density at radius 1 is 1.58 bits per heavy atom. The fourth-order valence-corrected chi connectivity index (χ4v) is 2.27. The number of hydrogen-bond acceptors (Lipinski definition) is 2. The summed E-state index contributed by atoms with van der Waals surface area (Å²) in [6.45, 7) is 3.74. The zero-order valence-corrected chi connectivity index (χ0v) is 7.32. The summed E-state index contributed by atoms with van der Waals surface area (Å²) >= 11 is 0. The van der Waals surface area contributed by atoms with Crippen LogP contribution in [0.15, 0.2) is 11.6 Å². The molecule has 1 saturated heterocycles. The molecule has 0 spiro atoms. The lowest BCUT2D eigenvalue weighted by Gasteiger charge is -2.27. The van der Waals surface area contributed by atoms with Crippen LogP contribution in [-0.4, -0.2) is 19.5 Å². The molecular formula is C10H14O2. The van der Waals surface area contributed by atoms with Gasteiger partial charge in [0.05, 0.1) is 13.2 Å². The van der Waals surface area contributed by atoms with Gasteiger partial charge in [-0.25, -0.2) is 0 Å². The van der Waals surface area contributed by atoms with Crippen molar-refractivity contribution in [2.45, 2.75) is 13.3 Å². The van der Waals surface area contributed by atoms with Crippen LogP contribution < -0.4 is 0 Å². The lowest BCUT2D eigenvalue weighted by atomic mass is 9.75. The van der Waals surface area contributed by atoms with E-state index >= 15 is 0 Å². The molecule has 2 aliphatic rings. The van der Waals surface area contributed by atoms with E-state index in [1.807, 2.05) is 0 Å². The summed E-state index contributed by atoms with van der Waals surface area (Å²) in [5.74, 6) is 1.20. The predicted octanol–water partition coefficient (Wildman–Crippen LogP) is 1.41. The molecule has 0 radical (unpaired) electrons. The molecule has 0 aromatic rings. The van der Waals surface area contributed by atoms with Crippen molar-refractivity contribution in [2.75, 3.05) is 13.2 Å². The molecule has 12 heavy (non-hydrogen) atoms. The second-order valence-corrected chi connectivity index (χ2v) is 3.79. The standard InChI is InChI=1S/C10H14O2/c1-7-2-3-8(4-11)10-6-12-5-9(7)10/h2,4,8-10H,3,5-6H2,1H3/t8-,9+,10-/m0/s1. The summed E-state index contributed by atoms with van der Waals surface area (Å²) in [5, 5.41) is 0. The van der Waals surface area contributed by atoms with Crippen LogP contribution in [0.3, 0.4) is 0 Å². The molecule has 2 heteroatoms. The molecule has 0 unspecified atom stereocenters. The highest BCUT2D eigenvalue weighted by Crippen LogP contribution is 2.37. The third-order valence-corrected chi connectivity index (χ3v) is 3.15. The van der Waals surface area contributed by atoms with E-state index in [1.54, 1.807) is 0 Å². The highest BCUT2D eigenvalue weighted by atomic mass is 16.5. The number of fused-ring (bicyclic) bond motifs is 1. The fourth-order valence-electron chi connectivity index (χ4n) is 2.27. The van der Waals surface area contributed by atoms with E-state index in [2.05, 4.69) is 13.0 Å². The first-order valence-electron chi connectivity index (χ1n) is 4.52. The Labute approximate surface area is 72.6 Å². The van der Waals surface area contributed by atoms with E-state index in [0.29, 0.717) is 11.8 Å². The van der Waals surface area contributed by atoms with Crippen LogP contribution >= 0.6 is 0 Å². The molecule has 2 rings (SSSR count). The zero-order valence-electron chi connectivity index (χ0n) is 7.32. The minimum atomic E-state index is 0.209. The SMILES string of the molecule is CC1=CC[C@@H](C=O)[C@@H]2COC[C@H]12. The van der Waals surface area contributed by atoms with E-state index in [-0.39, 0.29) is 5.92 Å². The molecule has 1 fully saturated rings. The van der Waals surface area contributed by atoms with Crippen molar-refractivity contribution in [1.29, 1.82) is 0 Å². The summed E-state index contributed by atoms with van der Waals surface area (Å²) in [5.41, 5.74) is 1.41. The van der Waals surface area contributed by atoms with Gasteiger partial charge in [0.2, 0.25) is 0 Å². The Balaban J connectivity index is 2.21. The number of carbonyl (C=O) groups excluding carboxylic acids is 1. The van der Waals surface area contributed by atoms with Crippen LogP contribution in [-0.2, 0) is 9.53 Å². The number of hydrogen-bond donors (Lipinski definition) is 0. The molecule has 0 N–H and O–H groups in total. The molecule has 1 heterocycles. The van der Waals surface area contributed by atoms with Crippen molar-refractivity contribution in [3.05, 3.63) is 11.6 Å². The van der Waals surface area contributed by atoms with Gasteiger partial charge in [-0.3, -0.25) is 0 Å². The first kappa shape index (κ1) is 7.99. The van der Waals surface area contributed by atoms with Gasteiger partial charge in [0, 0.05) is 17.8 Å². The van der Waals surface area contributed by atoms with Crippen molar-refractivity contribution < 1.29 is 9.53 Å². The van der Waals surface area contributed by atoms with Crippen molar-refractivity contribution in [3.63, 3.8) is 0 Å². The maximum atomic E-state index is 10.7. The van der Waals surface area contributed by atoms with Crippen molar-refractivity contribution in [2.24, 2.45) is 17.8 Å². The van der Waals surface area contributed by atoms with Crippen LogP contribution in [0.5, 0.6) is 0 Å². The second-order valence-electron chi connectivity index (χ2n) is 3.79. The normalized spacial score (nSPS) is 40.4. The Morgan fingerprint density at radius 2 is 2.42 bits per heavy atom. The molecule has 66 valence electrons. The fraction of sp³-hybridized carbons (Fsp3) is 0.700. The lowest BCUT2D eigenvalue weighted by Crippen LogP contribution is -2.27. The Kier molecular flexibility index (Phi) is 2.01. The first-order valence-corrected chi connectivity index (χ1v) is 4.52. The van der Waals surface area contributed by atoms with Gasteiger partial charge in [-0.15, -0.1) is 0 Å². The molecule has 0 aromatic heterocycles. The summed E-state index contributed by atoms with van der Waals surface area (Å²) in [7, 11) is 0. The monoisotopic (exact) mass is 166 g/mol. The van der Waals surface area contributed by atoms with E-state index in [9.17, 15) is 4.79 Å². The third kappa shape index (κ3) is 1.11. The first-order chi connectivity index (χ1) is 5.83. The predicted molar refractivity (Wildman–Crippen MR) is 45.7 cm³/mol. The minimum Gasteiger partial charge on any atom is -0.380 e. The van der Waals surface area contributed by atoms with E-state index in [4.69, 9.17) is 4.74 Å². The van der Waals surface area contributed by atoms with Gasteiger partial charge in [0.25, 0.3) is 0 Å². The average Bonchev–Trinajstić information content (AvgIpc) is 2.54. The van der Waals surface area contributed by atoms with Gasteiger partial charge in [0.15, 0.2) is 0 Å². The smallest absolute Gasteiger partial charge is 0.123 e. The largest absolute Gasteiger partial charge is 0.380 e. The van der Waals surface area contributed by atoms with Gasteiger partial charge in [-0.1, -0.05) is 11.6 Å². The van der Waals surface area contributed by atoms with Gasteiger partial charge in [-0.2, -0.15) is 0 Å². The van der Waals surface area contributed by atoms with Gasteiger partial charge in [0.1, 0.15) is 6.29 Å². The van der Waals surface area contributed by atoms with Crippen LogP contribution in [0.1, 0.15) is 13.3 Å². The molecule has 0 bridgehead atoms. The Hall–Kier alpha value is -0.630. The average molecular weight is 166 g/mol. The van der Waals surface area contributed by atoms with Crippen LogP contribution in [0.4, 0.5) is 0 Å². The van der Waals surface area contributed by atoms with Gasteiger partial charge >= 0.3 is 0 Å². The highest BCUT2D eigenvalue weighted by Gasteiger charge is 2.37. The third-order valence-electron chi connectivity index (χ3n) is 3.15. The maximum Gasteiger partial charge on any atom is 0.123 e. The molecule has 0 aromatic carbocycles. The Bertz CT molecular complexity index is 220. The minimum absolute atomic E-state index is 0.209. The Morgan fingerprint density at radius 3 is 3.17 bits per heavy atom. The van der Waals surface area contributed by atoms with Crippen molar-refractivity contribution >= 4 is 6.29 Å². The van der Waals surface area contributed by atoms with E-state index < -0.39 is 0 Å². The molecular weight excluding hydrogens is 152 g/mol. The molecule has 3 atom stereocenters. The summed E-state index contributed by atoms with van der Waals surface area (Å²) in [6, 6.07) is 0. The van der Waals surface area contributed by atoms with Crippen LogP contribution in [0.2, 0.25) is 0 Å². The van der Waals surface area contributed by atoms with Crippen LogP contribution in [0.25, 0.3) is 0 Å². The molecule has 2 nitrogen and oxygen atoms in total. The number of aldehydes is 1. The lowest BCUT2D eigenvalue weighted by molar-refractivity contribution is -0.112. The van der Waals surface area contributed by atoms with Gasteiger partial charge < -0.3 is 9.53 Å². The molecule has 1 aliphatic heterocycles. The summed E-state index contributed by atoms with van der Waals surface area (Å²) in [6.07, 6.45) is 4.20. The molecule has 1 aliphatic carbocycles. The highest BCUT2D eigenvalue weighted by molar-refractivity contribution is 5.55. The summed E-state index contributed by atoms with van der Waals surface area (Å²) < 4.78 is 5.39. The molecule has 0 amide bonds. The van der Waals surface area contributed by atoms with Gasteiger partial charge in [-0.05, 0) is 13.3 Å². The number of allylic oxidation sites excluding steroid dienone is 1. The number of ether oxygens (including phenoxy) is 1. The zero-order chi connectivity index (χ0) is 8.55. The van der Waals surface area contributed by atoms with Crippen molar-refractivity contribution in [3.8, 4) is 0 Å². The maximum absolute atomic E-state index is 10.7. The van der Waals surface area contributed by atoms with Crippen LogP contribution in [0, 0.1) is 17.8 Å². The summed E-state index contributed by atoms with van der Waals surface area (Å²) in [4.78, 5) is 10.7. The number of carbonyl (C=O) groups is 1. The quantitative estimate of drug-likeness (QED) is 0.435.